The molecule has 0 aliphatic heterocycles. The molecular formula is C28H47N3O5. The average molecular weight is 506 g/mol. The number of aryl methyl sites for hydroxylation is 1. The van der Waals surface area contributed by atoms with Crippen molar-refractivity contribution in [3.8, 4) is 5.75 Å². The minimum atomic E-state index is -1.05. The van der Waals surface area contributed by atoms with Gasteiger partial charge in [0, 0.05) is 18.2 Å². The Kier molecular flexibility index (Phi) is 12.2. The highest BCUT2D eigenvalue weighted by atomic mass is 16.6. The number of nitrogens with one attached hydrogen (secondary N) is 2. The summed E-state index contributed by atoms with van der Waals surface area (Å²) in [6.45, 7) is 16.9. The Morgan fingerprint density at radius 1 is 1.06 bits per heavy atom. The van der Waals surface area contributed by atoms with E-state index in [4.69, 9.17) is 4.74 Å². The molecule has 0 fully saturated rings. The lowest BCUT2D eigenvalue weighted by atomic mass is 9.94. The number of aromatic hydroxyl groups is 1. The molecule has 1 aromatic rings. The number of para-hydroxylation sites is 1. The van der Waals surface area contributed by atoms with Gasteiger partial charge in [0.1, 0.15) is 23.4 Å². The van der Waals surface area contributed by atoms with Crippen LogP contribution in [0.2, 0.25) is 0 Å². The molecule has 3 atom stereocenters. The first kappa shape index (κ1) is 31.3. The molecule has 0 aliphatic rings. The average Bonchev–Trinajstić information content (AvgIpc) is 2.76. The molecule has 0 bridgehead atoms. The molecule has 1 rings (SSSR count). The number of phenolic OH excluding ortho intramolecular Hbond substituents is 1. The maximum Gasteiger partial charge on any atom is 0.408 e. The molecule has 3 amide bonds. The Morgan fingerprint density at radius 3 is 2.22 bits per heavy atom. The number of benzene rings is 1. The largest absolute Gasteiger partial charge is 0.507 e. The summed E-state index contributed by atoms with van der Waals surface area (Å²) in [5.41, 5.74) is 0.250. The molecule has 8 nitrogen and oxygen atoms in total. The van der Waals surface area contributed by atoms with Crippen molar-refractivity contribution in [2.75, 3.05) is 6.54 Å². The van der Waals surface area contributed by atoms with E-state index in [1.165, 1.54) is 4.90 Å². The zero-order chi connectivity index (χ0) is 27.6. The second-order valence-corrected chi connectivity index (χ2v) is 10.8. The minimum absolute atomic E-state index is 0.0186. The molecule has 8 heteroatoms. The Morgan fingerprint density at radius 2 is 1.69 bits per heavy atom. The lowest BCUT2D eigenvalue weighted by Gasteiger charge is -2.36. The third-order valence-corrected chi connectivity index (χ3v) is 5.99. The summed E-state index contributed by atoms with van der Waals surface area (Å²) in [7, 11) is 0. The van der Waals surface area contributed by atoms with Gasteiger partial charge < -0.3 is 25.4 Å². The third-order valence-electron chi connectivity index (χ3n) is 5.99. The van der Waals surface area contributed by atoms with Crippen LogP contribution in [0.3, 0.4) is 0 Å². The normalized spacial score (nSPS) is 14.1. The predicted octanol–water partition coefficient (Wildman–Crippen LogP) is 5.22. The zero-order valence-electron chi connectivity index (χ0n) is 23.6. The lowest BCUT2D eigenvalue weighted by Crippen LogP contribution is -2.55. The van der Waals surface area contributed by atoms with E-state index < -0.39 is 23.8 Å². The van der Waals surface area contributed by atoms with E-state index in [0.717, 1.165) is 12.8 Å². The number of amides is 3. The van der Waals surface area contributed by atoms with E-state index in [1.807, 2.05) is 27.7 Å². The fraction of sp³-hybridized carbons (Fsp3) is 0.679. The van der Waals surface area contributed by atoms with Crippen molar-refractivity contribution in [3.05, 3.63) is 29.3 Å². The quantitative estimate of drug-likeness (QED) is 0.337. The number of carbonyl (C=O) groups is 3. The van der Waals surface area contributed by atoms with Crippen molar-refractivity contribution in [1.29, 1.82) is 0 Å². The van der Waals surface area contributed by atoms with Gasteiger partial charge in [-0.3, -0.25) is 9.59 Å². The monoisotopic (exact) mass is 505 g/mol. The Balaban J connectivity index is 3.59. The van der Waals surface area contributed by atoms with Crippen LogP contribution in [0.5, 0.6) is 5.75 Å². The van der Waals surface area contributed by atoms with Crippen LogP contribution in [0.25, 0.3) is 0 Å². The number of nitrogens with zero attached hydrogens (tertiary/aromatic N) is 1. The van der Waals surface area contributed by atoms with Crippen molar-refractivity contribution in [1.82, 2.24) is 15.5 Å². The van der Waals surface area contributed by atoms with E-state index >= 15 is 0 Å². The van der Waals surface area contributed by atoms with Crippen LogP contribution >= 0.6 is 0 Å². The van der Waals surface area contributed by atoms with Gasteiger partial charge in [0.15, 0.2) is 0 Å². The molecule has 0 radical (unpaired) electrons. The number of hydrogen-bond donors (Lipinski definition) is 3. The molecule has 36 heavy (non-hydrogen) atoms. The van der Waals surface area contributed by atoms with Crippen molar-refractivity contribution >= 4 is 17.9 Å². The molecule has 3 N–H and O–H groups in total. The van der Waals surface area contributed by atoms with E-state index in [2.05, 4.69) is 17.6 Å². The molecule has 0 aliphatic carbocycles. The predicted molar refractivity (Wildman–Crippen MR) is 143 cm³/mol. The molecule has 0 spiro atoms. The van der Waals surface area contributed by atoms with Crippen molar-refractivity contribution < 1.29 is 24.2 Å². The molecule has 3 unspecified atom stereocenters. The van der Waals surface area contributed by atoms with Gasteiger partial charge in [-0.15, -0.1) is 0 Å². The molecule has 0 aromatic heterocycles. The Hall–Kier alpha value is -2.77. The topological polar surface area (TPSA) is 108 Å². The molecular weight excluding hydrogens is 458 g/mol. The number of ether oxygens (including phenoxy) is 1. The molecule has 0 heterocycles. The first-order valence-corrected chi connectivity index (χ1v) is 13.1. The maximum absolute atomic E-state index is 14.1. The van der Waals surface area contributed by atoms with E-state index in [9.17, 15) is 19.5 Å². The van der Waals surface area contributed by atoms with Crippen LogP contribution in [0.1, 0.15) is 98.2 Å². The standard InChI is InChI=1S/C28H47N3O5/c1-10-12-13-17-31(26(34)22(19(5)11-2)30-27(35)36-28(7,8)9)23(25(33)29-18(3)4)21-16-14-15-20(6)24(21)32/h14-16,18-19,22-23,32H,10-13,17H2,1-9H3,(H,29,33)(H,30,35). The fourth-order valence-electron chi connectivity index (χ4n) is 3.91. The van der Waals surface area contributed by atoms with Crippen molar-refractivity contribution in [2.24, 2.45) is 5.92 Å². The van der Waals surface area contributed by atoms with Crippen LogP contribution in [-0.4, -0.2) is 52.1 Å². The number of rotatable bonds is 12. The highest BCUT2D eigenvalue weighted by Crippen LogP contribution is 2.33. The SMILES string of the molecule is CCCCCN(C(=O)C(NC(=O)OC(C)(C)C)C(C)CC)C(C(=O)NC(C)C)c1cccc(C)c1O. The second-order valence-electron chi connectivity index (χ2n) is 10.8. The van der Waals surface area contributed by atoms with Gasteiger partial charge in [0.05, 0.1) is 0 Å². The van der Waals surface area contributed by atoms with Gasteiger partial charge >= 0.3 is 6.09 Å². The van der Waals surface area contributed by atoms with Gasteiger partial charge in [-0.25, -0.2) is 4.79 Å². The number of hydrogen-bond acceptors (Lipinski definition) is 5. The summed E-state index contributed by atoms with van der Waals surface area (Å²) in [6.07, 6.45) is 2.44. The summed E-state index contributed by atoms with van der Waals surface area (Å²) >= 11 is 0. The van der Waals surface area contributed by atoms with Gasteiger partial charge in [0.25, 0.3) is 0 Å². The van der Waals surface area contributed by atoms with Gasteiger partial charge in [-0.1, -0.05) is 58.2 Å². The van der Waals surface area contributed by atoms with Crippen molar-refractivity contribution in [2.45, 2.75) is 112 Å². The molecule has 204 valence electrons. The summed E-state index contributed by atoms with van der Waals surface area (Å²) in [5.74, 6) is -0.986. The Bertz CT molecular complexity index is 878. The summed E-state index contributed by atoms with van der Waals surface area (Å²) < 4.78 is 5.43. The maximum atomic E-state index is 14.1. The van der Waals surface area contributed by atoms with Crippen LogP contribution in [0, 0.1) is 12.8 Å². The first-order chi connectivity index (χ1) is 16.7. The van der Waals surface area contributed by atoms with Gasteiger partial charge in [-0.05, 0) is 59.4 Å². The Labute approximate surface area is 217 Å². The first-order valence-electron chi connectivity index (χ1n) is 13.1. The van der Waals surface area contributed by atoms with E-state index in [1.54, 1.807) is 45.9 Å². The zero-order valence-corrected chi connectivity index (χ0v) is 23.6. The van der Waals surface area contributed by atoms with Gasteiger partial charge in [-0.2, -0.15) is 0 Å². The van der Waals surface area contributed by atoms with Crippen LogP contribution in [0.4, 0.5) is 4.79 Å². The van der Waals surface area contributed by atoms with Crippen LogP contribution < -0.4 is 10.6 Å². The summed E-state index contributed by atoms with van der Waals surface area (Å²) in [5, 5.41) is 16.6. The highest BCUT2D eigenvalue weighted by molar-refractivity contribution is 5.92. The van der Waals surface area contributed by atoms with Gasteiger partial charge in [0.2, 0.25) is 11.8 Å². The minimum Gasteiger partial charge on any atom is -0.507 e. The second kappa shape index (κ2) is 14.1. The fourth-order valence-corrected chi connectivity index (χ4v) is 3.91. The van der Waals surface area contributed by atoms with Crippen molar-refractivity contribution in [3.63, 3.8) is 0 Å². The molecule has 0 saturated heterocycles. The lowest BCUT2D eigenvalue weighted by molar-refractivity contribution is -0.143. The smallest absolute Gasteiger partial charge is 0.408 e. The van der Waals surface area contributed by atoms with Crippen LogP contribution in [0.15, 0.2) is 18.2 Å². The molecule has 1 aromatic carbocycles. The number of phenols is 1. The number of unbranched alkanes of at least 4 members (excludes halogenated alkanes) is 2. The number of carbonyl (C=O) groups excluding carboxylic acids is 3. The van der Waals surface area contributed by atoms with Crippen LogP contribution in [-0.2, 0) is 14.3 Å². The highest BCUT2D eigenvalue weighted by Gasteiger charge is 2.39. The number of alkyl carbamates (subject to hydrolysis) is 1. The summed E-state index contributed by atoms with van der Waals surface area (Å²) in [6, 6.07) is 3.08. The third kappa shape index (κ3) is 9.36. The summed E-state index contributed by atoms with van der Waals surface area (Å²) in [4.78, 5) is 41.9. The van der Waals surface area contributed by atoms with E-state index in [0.29, 0.717) is 30.5 Å². The molecule has 0 saturated carbocycles. The van der Waals surface area contributed by atoms with E-state index in [-0.39, 0.29) is 29.5 Å².